The zero-order chi connectivity index (χ0) is 24.7. The van der Waals surface area contributed by atoms with Crippen LogP contribution in [0.25, 0.3) is 10.8 Å². The largest absolute Gasteiger partial charge is 0.411 e. The molecule has 0 saturated carbocycles. The number of thiazole rings is 1. The number of hydrogen-bond acceptors (Lipinski definition) is 9. The Kier molecular flexibility index (Phi) is 6.51. The molecule has 1 saturated heterocycles. The number of hydrazine groups is 1. The fourth-order valence-corrected chi connectivity index (χ4v) is 7.18. The van der Waals surface area contributed by atoms with E-state index in [0.717, 1.165) is 21.3 Å². The lowest BCUT2D eigenvalue weighted by Crippen LogP contribution is -2.50. The highest BCUT2D eigenvalue weighted by Gasteiger charge is 2.34. The van der Waals surface area contributed by atoms with E-state index >= 15 is 0 Å². The van der Waals surface area contributed by atoms with Gasteiger partial charge in [-0.15, -0.1) is 11.3 Å². The summed E-state index contributed by atoms with van der Waals surface area (Å²) in [6, 6.07) is 9.84. The van der Waals surface area contributed by atoms with E-state index in [4.69, 9.17) is 22.7 Å². The zero-order valence-corrected chi connectivity index (χ0v) is 20.9. The van der Waals surface area contributed by atoms with Crippen molar-refractivity contribution in [3.05, 3.63) is 57.0 Å². The maximum Gasteiger partial charge on any atom is 0.282 e. The van der Waals surface area contributed by atoms with Crippen molar-refractivity contribution in [2.75, 3.05) is 32.7 Å². The summed E-state index contributed by atoms with van der Waals surface area (Å²) < 4.78 is 27.9. The number of rotatable bonds is 4. The summed E-state index contributed by atoms with van der Waals surface area (Å²) >= 11 is 7.25. The van der Waals surface area contributed by atoms with Crippen LogP contribution in [0.2, 0.25) is 5.02 Å². The van der Waals surface area contributed by atoms with Crippen molar-refractivity contribution in [1.82, 2.24) is 19.2 Å². The van der Waals surface area contributed by atoms with Gasteiger partial charge in [-0.25, -0.2) is 18.4 Å². The number of halogens is 1. The quantitative estimate of drug-likeness (QED) is 0.227. The lowest BCUT2D eigenvalue weighted by Gasteiger charge is -2.33. The smallest absolute Gasteiger partial charge is 0.282 e. The lowest BCUT2D eigenvalue weighted by atomic mass is 10.1. The van der Waals surface area contributed by atoms with Gasteiger partial charge in [-0.3, -0.25) is 10.6 Å². The highest BCUT2D eigenvalue weighted by atomic mass is 35.5. The van der Waals surface area contributed by atoms with Crippen molar-refractivity contribution < 1.29 is 18.4 Å². The molecule has 0 aliphatic carbocycles. The first-order valence-electron chi connectivity index (χ1n) is 10.9. The molecule has 3 aromatic rings. The van der Waals surface area contributed by atoms with Crippen LogP contribution in [0.3, 0.4) is 0 Å². The third-order valence-electron chi connectivity index (χ3n) is 6.29. The molecule has 0 bridgehead atoms. The van der Waals surface area contributed by atoms with E-state index in [1.807, 2.05) is 0 Å². The highest BCUT2D eigenvalue weighted by Crippen LogP contribution is 2.32. The van der Waals surface area contributed by atoms with Crippen LogP contribution in [0, 0.1) is 0 Å². The third kappa shape index (κ3) is 4.53. The molecule has 2 aromatic carbocycles. The van der Waals surface area contributed by atoms with Crippen molar-refractivity contribution in [1.29, 1.82) is 0 Å². The van der Waals surface area contributed by atoms with Crippen LogP contribution < -0.4 is 5.84 Å². The van der Waals surface area contributed by atoms with E-state index in [1.165, 1.54) is 21.9 Å². The van der Waals surface area contributed by atoms with Gasteiger partial charge in [0.1, 0.15) is 0 Å². The Morgan fingerprint density at radius 1 is 1.14 bits per heavy atom. The Morgan fingerprint density at radius 2 is 1.86 bits per heavy atom. The molecule has 5 rings (SSSR count). The number of piperazine rings is 1. The number of oxime groups is 1. The number of aromatic nitrogens is 1. The summed E-state index contributed by atoms with van der Waals surface area (Å²) in [5.74, 6) is 5.75. The summed E-state index contributed by atoms with van der Waals surface area (Å²) in [5.41, 5.74) is 0.767. The van der Waals surface area contributed by atoms with Gasteiger partial charge < -0.3 is 10.1 Å². The van der Waals surface area contributed by atoms with Crippen LogP contribution in [-0.2, 0) is 16.4 Å². The van der Waals surface area contributed by atoms with Gasteiger partial charge in [-0.05, 0) is 35.0 Å². The minimum atomic E-state index is -3.71. The van der Waals surface area contributed by atoms with Crippen LogP contribution in [0.15, 0.2) is 46.4 Å². The third-order valence-corrected chi connectivity index (χ3v) is 9.57. The van der Waals surface area contributed by atoms with Crippen LogP contribution in [0.1, 0.15) is 26.4 Å². The highest BCUT2D eigenvalue weighted by molar-refractivity contribution is 7.89. The summed E-state index contributed by atoms with van der Waals surface area (Å²) in [5, 5.41) is 16.2. The van der Waals surface area contributed by atoms with Crippen molar-refractivity contribution in [2.45, 2.75) is 17.4 Å². The minimum absolute atomic E-state index is 0.189. The zero-order valence-electron chi connectivity index (χ0n) is 18.5. The topological polar surface area (TPSA) is 132 Å². The molecule has 1 aromatic heterocycles. The standard InChI is InChI=1S/C22H23ClN6O4S2/c23-16-3-1-15-12-17(4-2-14(15)11-16)35(32,33)28-9-7-27(8-10-28)22(30)21-26-18-5-6-29(24)19(13-25-31)20(18)34-21/h1-4,11-13,19,31H,5-10,24H2. The van der Waals surface area contributed by atoms with E-state index in [-0.39, 0.29) is 37.0 Å². The molecule has 0 radical (unpaired) electrons. The van der Waals surface area contributed by atoms with Gasteiger partial charge in [0, 0.05) is 44.2 Å². The maximum absolute atomic E-state index is 13.2. The fraction of sp³-hybridized carbons (Fsp3) is 0.318. The molecule has 13 heteroatoms. The monoisotopic (exact) mass is 534 g/mol. The molecule has 3 heterocycles. The van der Waals surface area contributed by atoms with Gasteiger partial charge in [0.15, 0.2) is 5.01 Å². The minimum Gasteiger partial charge on any atom is -0.411 e. The number of hydrogen-bond donors (Lipinski definition) is 2. The Labute approximate surface area is 211 Å². The number of nitrogens with zero attached hydrogens (tertiary/aromatic N) is 5. The Balaban J connectivity index is 1.29. The normalized spacial score (nSPS) is 19.9. The van der Waals surface area contributed by atoms with Crippen LogP contribution in [0.4, 0.5) is 0 Å². The predicted octanol–water partition coefficient (Wildman–Crippen LogP) is 2.33. The van der Waals surface area contributed by atoms with Gasteiger partial charge in [0.25, 0.3) is 5.91 Å². The second-order valence-corrected chi connectivity index (χ2v) is 11.8. The van der Waals surface area contributed by atoms with Gasteiger partial charge in [-0.1, -0.05) is 28.9 Å². The summed E-state index contributed by atoms with van der Waals surface area (Å²) in [6.07, 6.45) is 1.91. The van der Waals surface area contributed by atoms with E-state index in [2.05, 4.69) is 10.1 Å². The summed E-state index contributed by atoms with van der Waals surface area (Å²) in [6.45, 7) is 1.42. The van der Waals surface area contributed by atoms with Gasteiger partial charge >= 0.3 is 0 Å². The second kappa shape index (κ2) is 9.45. The number of carbonyl (C=O) groups excluding carboxylic acids is 1. The summed E-state index contributed by atoms with van der Waals surface area (Å²) in [4.78, 5) is 20.2. The predicted molar refractivity (Wildman–Crippen MR) is 133 cm³/mol. The van der Waals surface area contributed by atoms with E-state index in [9.17, 15) is 13.2 Å². The fourth-order valence-electron chi connectivity index (χ4n) is 4.38. The lowest BCUT2D eigenvalue weighted by molar-refractivity contribution is 0.0697. The van der Waals surface area contributed by atoms with Gasteiger partial charge in [0.2, 0.25) is 10.0 Å². The number of benzene rings is 2. The number of sulfonamides is 1. The molecule has 2 aliphatic heterocycles. The average Bonchev–Trinajstić information content (AvgIpc) is 3.29. The van der Waals surface area contributed by atoms with Gasteiger partial charge in [0.05, 0.1) is 27.7 Å². The number of fused-ring (bicyclic) bond motifs is 2. The Morgan fingerprint density at radius 3 is 2.60 bits per heavy atom. The molecule has 3 N–H and O–H groups in total. The van der Waals surface area contributed by atoms with Crippen molar-refractivity contribution in [3.8, 4) is 0 Å². The molecule has 1 amide bonds. The number of amides is 1. The molecule has 2 aliphatic rings. The first kappa shape index (κ1) is 24.1. The van der Waals surface area contributed by atoms with Crippen LogP contribution >= 0.6 is 22.9 Å². The first-order chi connectivity index (χ1) is 16.8. The van der Waals surface area contributed by atoms with Crippen molar-refractivity contribution in [3.63, 3.8) is 0 Å². The SMILES string of the molecule is NN1CCc2nc(C(=O)N3CCN(S(=O)(=O)c4ccc5cc(Cl)ccc5c4)CC3)sc2C1C=NO. The molecule has 184 valence electrons. The van der Waals surface area contributed by atoms with Crippen LogP contribution in [0.5, 0.6) is 0 Å². The number of nitrogens with two attached hydrogens (primary N) is 1. The molecule has 0 spiro atoms. The Hall–Kier alpha value is -2.61. The number of carbonyl (C=O) groups is 1. The average molecular weight is 535 g/mol. The molecule has 10 nitrogen and oxygen atoms in total. The first-order valence-corrected chi connectivity index (χ1v) is 13.6. The van der Waals surface area contributed by atoms with E-state index in [0.29, 0.717) is 23.0 Å². The van der Waals surface area contributed by atoms with Crippen molar-refractivity contribution >= 4 is 55.9 Å². The second-order valence-electron chi connectivity index (χ2n) is 8.38. The molecule has 1 fully saturated rings. The van der Waals surface area contributed by atoms with Crippen molar-refractivity contribution in [2.24, 2.45) is 11.0 Å². The molecular weight excluding hydrogens is 512 g/mol. The molecule has 35 heavy (non-hydrogen) atoms. The van der Waals surface area contributed by atoms with Crippen LogP contribution in [-0.4, -0.2) is 77.7 Å². The maximum atomic E-state index is 13.2. The Bertz CT molecular complexity index is 1420. The molecule has 1 atom stereocenters. The molecular formula is C22H23ClN6O4S2. The van der Waals surface area contributed by atoms with E-state index in [1.54, 1.807) is 46.3 Å². The van der Waals surface area contributed by atoms with Gasteiger partial charge in [-0.2, -0.15) is 4.31 Å². The van der Waals surface area contributed by atoms with E-state index < -0.39 is 16.1 Å². The molecule has 1 unspecified atom stereocenters. The summed E-state index contributed by atoms with van der Waals surface area (Å²) in [7, 11) is -3.71.